The van der Waals surface area contributed by atoms with Crippen molar-refractivity contribution in [1.82, 2.24) is 0 Å². The standard InChI is InChI=1S/C15H20F3NO/c16-15(17,18)13-9-11(7-8-19)5-6-14(13)20-10-12-3-1-2-4-12/h5-6,9,12H,1-4,7-8,10,19H2. The smallest absolute Gasteiger partial charge is 0.419 e. The number of rotatable bonds is 5. The number of nitrogens with two attached hydrogens (primary N) is 1. The zero-order valence-corrected chi connectivity index (χ0v) is 11.4. The molecule has 0 atom stereocenters. The Labute approximate surface area is 117 Å². The number of ether oxygens (including phenoxy) is 1. The van der Waals surface area contributed by atoms with Gasteiger partial charge in [0.25, 0.3) is 0 Å². The minimum Gasteiger partial charge on any atom is -0.493 e. The van der Waals surface area contributed by atoms with Gasteiger partial charge in [0.15, 0.2) is 0 Å². The maximum Gasteiger partial charge on any atom is 0.419 e. The summed E-state index contributed by atoms with van der Waals surface area (Å²) in [5.74, 6) is 0.324. The second-order valence-electron chi connectivity index (χ2n) is 5.33. The highest BCUT2D eigenvalue weighted by atomic mass is 19.4. The minimum absolute atomic E-state index is 0.0647. The number of benzene rings is 1. The number of halogens is 3. The van der Waals surface area contributed by atoms with Gasteiger partial charge >= 0.3 is 6.18 Å². The van der Waals surface area contributed by atoms with Gasteiger partial charge < -0.3 is 10.5 Å². The Morgan fingerprint density at radius 1 is 1.20 bits per heavy atom. The van der Waals surface area contributed by atoms with E-state index >= 15 is 0 Å². The van der Waals surface area contributed by atoms with E-state index in [1.807, 2.05) is 0 Å². The van der Waals surface area contributed by atoms with Crippen LogP contribution in [0.3, 0.4) is 0 Å². The lowest BCUT2D eigenvalue weighted by Gasteiger charge is -2.17. The van der Waals surface area contributed by atoms with Crippen LogP contribution in [0.25, 0.3) is 0 Å². The molecule has 112 valence electrons. The molecule has 1 aromatic rings. The predicted octanol–water partition coefficient (Wildman–Crippen LogP) is 3.78. The second kappa shape index (κ2) is 6.48. The van der Waals surface area contributed by atoms with Gasteiger partial charge in [-0.15, -0.1) is 0 Å². The van der Waals surface area contributed by atoms with Crippen LogP contribution in [0.2, 0.25) is 0 Å². The summed E-state index contributed by atoms with van der Waals surface area (Å²) >= 11 is 0. The number of hydrogen-bond acceptors (Lipinski definition) is 2. The summed E-state index contributed by atoms with van der Waals surface area (Å²) in [5, 5.41) is 0. The Hall–Kier alpha value is -1.23. The molecule has 1 saturated carbocycles. The topological polar surface area (TPSA) is 35.2 Å². The van der Waals surface area contributed by atoms with Crippen LogP contribution < -0.4 is 10.5 Å². The summed E-state index contributed by atoms with van der Waals surface area (Å²) in [6.45, 7) is 0.707. The molecule has 20 heavy (non-hydrogen) atoms. The molecular weight excluding hydrogens is 267 g/mol. The van der Waals surface area contributed by atoms with Crippen molar-refractivity contribution in [3.63, 3.8) is 0 Å². The molecule has 0 saturated heterocycles. The van der Waals surface area contributed by atoms with E-state index in [1.54, 1.807) is 6.07 Å². The van der Waals surface area contributed by atoms with E-state index in [1.165, 1.54) is 6.07 Å². The molecule has 1 aromatic carbocycles. The minimum atomic E-state index is -4.39. The van der Waals surface area contributed by atoms with Gasteiger partial charge in [0.1, 0.15) is 5.75 Å². The maximum absolute atomic E-state index is 13.1. The van der Waals surface area contributed by atoms with Crippen molar-refractivity contribution < 1.29 is 17.9 Å². The van der Waals surface area contributed by atoms with Gasteiger partial charge in [-0.2, -0.15) is 13.2 Å². The Kier molecular flexibility index (Phi) is 4.91. The third-order valence-corrected chi connectivity index (χ3v) is 3.73. The van der Waals surface area contributed by atoms with Gasteiger partial charge in [0.2, 0.25) is 0 Å². The molecule has 0 heterocycles. The Morgan fingerprint density at radius 2 is 1.90 bits per heavy atom. The molecule has 0 aromatic heterocycles. The zero-order chi connectivity index (χ0) is 14.6. The van der Waals surface area contributed by atoms with Crippen molar-refractivity contribution in [3.8, 4) is 5.75 Å². The van der Waals surface area contributed by atoms with Gasteiger partial charge in [-0.05, 0) is 49.4 Å². The molecule has 2 rings (SSSR count). The molecule has 2 N–H and O–H groups in total. The lowest BCUT2D eigenvalue weighted by molar-refractivity contribution is -0.139. The van der Waals surface area contributed by atoms with Crippen LogP contribution in [-0.4, -0.2) is 13.2 Å². The van der Waals surface area contributed by atoms with Gasteiger partial charge in [0, 0.05) is 0 Å². The predicted molar refractivity (Wildman–Crippen MR) is 71.7 cm³/mol. The maximum atomic E-state index is 13.1. The highest BCUT2D eigenvalue weighted by molar-refractivity contribution is 5.39. The fourth-order valence-corrected chi connectivity index (χ4v) is 2.63. The van der Waals surface area contributed by atoms with Crippen molar-refractivity contribution in [1.29, 1.82) is 0 Å². The van der Waals surface area contributed by atoms with E-state index in [0.717, 1.165) is 31.7 Å². The van der Waals surface area contributed by atoms with E-state index in [0.29, 0.717) is 31.1 Å². The first-order valence-electron chi connectivity index (χ1n) is 7.03. The summed E-state index contributed by atoms with van der Waals surface area (Å²) in [5.41, 5.74) is 5.28. The van der Waals surface area contributed by atoms with Crippen LogP contribution in [0.15, 0.2) is 18.2 Å². The fourth-order valence-electron chi connectivity index (χ4n) is 2.63. The molecule has 0 bridgehead atoms. The molecule has 0 amide bonds. The van der Waals surface area contributed by atoms with Crippen LogP contribution in [0.5, 0.6) is 5.75 Å². The highest BCUT2D eigenvalue weighted by Gasteiger charge is 2.34. The molecule has 1 aliphatic rings. The zero-order valence-electron chi connectivity index (χ0n) is 11.4. The number of hydrogen-bond donors (Lipinski definition) is 1. The van der Waals surface area contributed by atoms with Crippen molar-refractivity contribution >= 4 is 0 Å². The second-order valence-corrected chi connectivity index (χ2v) is 5.33. The third kappa shape index (κ3) is 3.88. The van der Waals surface area contributed by atoms with Crippen LogP contribution in [0.1, 0.15) is 36.8 Å². The molecule has 0 spiro atoms. The normalized spacial score (nSPS) is 16.6. The summed E-state index contributed by atoms with van der Waals surface area (Å²) < 4.78 is 44.6. The Morgan fingerprint density at radius 3 is 2.50 bits per heavy atom. The van der Waals surface area contributed by atoms with E-state index in [-0.39, 0.29) is 5.75 Å². The molecular formula is C15H20F3NO. The molecule has 0 aliphatic heterocycles. The molecule has 1 aliphatic carbocycles. The molecule has 1 fully saturated rings. The Balaban J connectivity index is 2.13. The van der Waals surface area contributed by atoms with Gasteiger partial charge in [-0.3, -0.25) is 0 Å². The summed E-state index contributed by atoms with van der Waals surface area (Å²) in [4.78, 5) is 0. The Bertz CT molecular complexity index is 439. The monoisotopic (exact) mass is 287 g/mol. The van der Waals surface area contributed by atoms with Crippen molar-refractivity contribution in [2.75, 3.05) is 13.2 Å². The van der Waals surface area contributed by atoms with E-state index < -0.39 is 11.7 Å². The summed E-state index contributed by atoms with van der Waals surface area (Å²) in [6, 6.07) is 4.23. The first-order valence-corrected chi connectivity index (χ1v) is 7.03. The quantitative estimate of drug-likeness (QED) is 0.894. The van der Waals surface area contributed by atoms with Crippen molar-refractivity contribution in [2.45, 2.75) is 38.3 Å². The molecule has 0 unspecified atom stereocenters. The molecule has 5 heteroatoms. The number of alkyl halides is 3. The highest BCUT2D eigenvalue weighted by Crippen LogP contribution is 2.37. The van der Waals surface area contributed by atoms with Crippen LogP contribution in [-0.2, 0) is 12.6 Å². The SMILES string of the molecule is NCCc1ccc(OCC2CCCC2)c(C(F)(F)F)c1. The van der Waals surface area contributed by atoms with E-state index in [2.05, 4.69) is 0 Å². The van der Waals surface area contributed by atoms with Gasteiger partial charge in [0.05, 0.1) is 12.2 Å². The van der Waals surface area contributed by atoms with Crippen LogP contribution in [0, 0.1) is 5.92 Å². The fraction of sp³-hybridized carbons (Fsp3) is 0.600. The van der Waals surface area contributed by atoms with Gasteiger partial charge in [-0.25, -0.2) is 0 Å². The average molecular weight is 287 g/mol. The van der Waals surface area contributed by atoms with Crippen molar-refractivity contribution in [3.05, 3.63) is 29.3 Å². The molecule has 2 nitrogen and oxygen atoms in total. The summed E-state index contributed by atoms with van der Waals surface area (Å²) in [7, 11) is 0. The van der Waals surface area contributed by atoms with Crippen LogP contribution in [0.4, 0.5) is 13.2 Å². The first-order chi connectivity index (χ1) is 9.50. The van der Waals surface area contributed by atoms with Crippen molar-refractivity contribution in [2.24, 2.45) is 11.7 Å². The lowest BCUT2D eigenvalue weighted by Crippen LogP contribution is -2.14. The lowest BCUT2D eigenvalue weighted by atomic mass is 10.1. The van der Waals surface area contributed by atoms with Gasteiger partial charge in [-0.1, -0.05) is 18.9 Å². The molecule has 0 radical (unpaired) electrons. The summed E-state index contributed by atoms with van der Waals surface area (Å²) in [6.07, 6.45) is 0.437. The largest absolute Gasteiger partial charge is 0.493 e. The average Bonchev–Trinajstić information content (AvgIpc) is 2.89. The van der Waals surface area contributed by atoms with E-state index in [9.17, 15) is 13.2 Å². The van der Waals surface area contributed by atoms with E-state index in [4.69, 9.17) is 10.5 Å². The third-order valence-electron chi connectivity index (χ3n) is 3.73. The first kappa shape index (κ1) is 15.2. The van der Waals surface area contributed by atoms with Crippen LogP contribution >= 0.6 is 0 Å².